The maximum absolute atomic E-state index is 10.3. The smallest absolute Gasteiger partial charge is 0.310 e. The van der Waals surface area contributed by atoms with Gasteiger partial charge in [0.1, 0.15) is 5.82 Å². The quantitative estimate of drug-likeness (QED) is 0.608. The van der Waals surface area contributed by atoms with Gasteiger partial charge in [-0.1, -0.05) is 0 Å². The van der Waals surface area contributed by atoms with Gasteiger partial charge in [-0.25, -0.2) is 9.55 Å². The van der Waals surface area contributed by atoms with Gasteiger partial charge in [0.2, 0.25) is 0 Å². The van der Waals surface area contributed by atoms with Crippen molar-refractivity contribution in [3.8, 4) is 0 Å². The molecule has 0 unspecified atom stereocenters. The second-order valence-electron chi connectivity index (χ2n) is 1.87. The van der Waals surface area contributed by atoms with Crippen LogP contribution in [0.25, 0.3) is 0 Å². The second-order valence-corrected chi connectivity index (χ2v) is 3.02. The SMILES string of the molecule is Cc1nccn1OP(=O)(O)O. The van der Waals surface area contributed by atoms with Crippen molar-refractivity contribution in [2.45, 2.75) is 6.92 Å². The van der Waals surface area contributed by atoms with Crippen LogP contribution in [0.4, 0.5) is 0 Å². The largest absolute Gasteiger partial charge is 0.543 e. The van der Waals surface area contributed by atoms with Crippen molar-refractivity contribution in [2.75, 3.05) is 0 Å². The summed E-state index contributed by atoms with van der Waals surface area (Å²) in [5.41, 5.74) is 0. The minimum absolute atomic E-state index is 0.383. The summed E-state index contributed by atoms with van der Waals surface area (Å²) in [6.45, 7) is 1.57. The Morgan fingerprint density at radius 3 is 2.73 bits per heavy atom. The van der Waals surface area contributed by atoms with E-state index in [1.807, 2.05) is 0 Å². The van der Waals surface area contributed by atoms with Crippen LogP contribution in [-0.4, -0.2) is 19.5 Å². The lowest BCUT2D eigenvalue weighted by Crippen LogP contribution is -2.08. The van der Waals surface area contributed by atoms with E-state index in [1.54, 1.807) is 6.92 Å². The molecule has 0 aromatic carbocycles. The molecule has 1 aromatic rings. The maximum Gasteiger partial charge on any atom is 0.543 e. The fourth-order valence-electron chi connectivity index (χ4n) is 0.567. The number of aryl methyl sites for hydroxylation is 1. The third kappa shape index (κ3) is 2.34. The van der Waals surface area contributed by atoms with E-state index in [4.69, 9.17) is 9.79 Å². The summed E-state index contributed by atoms with van der Waals surface area (Å²) in [6.07, 6.45) is 2.69. The van der Waals surface area contributed by atoms with Gasteiger partial charge >= 0.3 is 7.82 Å². The predicted molar refractivity (Wildman–Crippen MR) is 35.6 cm³/mol. The minimum Gasteiger partial charge on any atom is -0.310 e. The van der Waals surface area contributed by atoms with Crippen molar-refractivity contribution < 1.29 is 19.0 Å². The molecule has 2 N–H and O–H groups in total. The number of nitrogens with zero attached hydrogens (tertiary/aromatic N) is 2. The lowest BCUT2D eigenvalue weighted by molar-refractivity contribution is 0.173. The highest BCUT2D eigenvalue weighted by molar-refractivity contribution is 7.46. The average Bonchev–Trinajstić information content (AvgIpc) is 2.12. The summed E-state index contributed by atoms with van der Waals surface area (Å²) in [5.74, 6) is 0.383. The van der Waals surface area contributed by atoms with E-state index in [1.165, 1.54) is 12.4 Å². The van der Waals surface area contributed by atoms with Crippen molar-refractivity contribution >= 4 is 7.82 Å². The first-order valence-corrected chi connectivity index (χ1v) is 4.27. The molecule has 0 spiro atoms. The first-order valence-electron chi connectivity index (χ1n) is 2.74. The van der Waals surface area contributed by atoms with Gasteiger partial charge < -0.3 is 4.62 Å². The molecule has 7 heteroatoms. The van der Waals surface area contributed by atoms with Crippen LogP contribution in [0, 0.1) is 6.92 Å². The Morgan fingerprint density at radius 1 is 1.73 bits per heavy atom. The van der Waals surface area contributed by atoms with Crippen LogP contribution in [0.15, 0.2) is 12.4 Å². The van der Waals surface area contributed by atoms with E-state index in [0.717, 1.165) is 4.73 Å². The Balaban J connectivity index is 2.80. The highest BCUT2D eigenvalue weighted by Crippen LogP contribution is 2.31. The normalized spacial score (nSPS) is 11.5. The fraction of sp³-hybridized carbons (Fsp3) is 0.250. The molecule has 6 nitrogen and oxygen atoms in total. The zero-order valence-corrected chi connectivity index (χ0v) is 6.60. The van der Waals surface area contributed by atoms with E-state index in [2.05, 4.69) is 9.61 Å². The fourth-order valence-corrected chi connectivity index (χ4v) is 0.969. The van der Waals surface area contributed by atoms with Crippen LogP contribution in [0.3, 0.4) is 0 Å². The Labute approximate surface area is 62.6 Å². The summed E-state index contributed by atoms with van der Waals surface area (Å²) < 4.78 is 15.4. The van der Waals surface area contributed by atoms with Gasteiger partial charge in [0.25, 0.3) is 0 Å². The molecule has 0 radical (unpaired) electrons. The van der Waals surface area contributed by atoms with E-state index >= 15 is 0 Å². The van der Waals surface area contributed by atoms with Crippen LogP contribution >= 0.6 is 7.82 Å². The average molecular weight is 178 g/mol. The van der Waals surface area contributed by atoms with Crippen LogP contribution in [0.5, 0.6) is 0 Å². The first-order chi connectivity index (χ1) is 4.99. The standard InChI is InChI=1S/C4H7N2O4P/c1-4-5-2-3-6(4)10-11(7,8)9/h2-3H,1H3,(H2,7,8,9). The summed E-state index contributed by atoms with van der Waals surface area (Å²) in [7, 11) is -4.46. The minimum atomic E-state index is -4.46. The molecule has 1 heterocycles. The Bertz CT molecular complexity index is 290. The number of hydrogen-bond donors (Lipinski definition) is 2. The number of rotatable bonds is 2. The molecule has 0 bridgehead atoms. The Hall–Kier alpha value is -0.840. The predicted octanol–water partition coefficient (Wildman–Crippen LogP) is -0.287. The van der Waals surface area contributed by atoms with Crippen LogP contribution < -0.4 is 4.62 Å². The van der Waals surface area contributed by atoms with Crippen LogP contribution in [0.2, 0.25) is 0 Å². The van der Waals surface area contributed by atoms with E-state index in [-0.39, 0.29) is 0 Å². The second kappa shape index (κ2) is 2.65. The molecule has 1 rings (SSSR count). The molecule has 0 fully saturated rings. The molecule has 62 valence electrons. The van der Waals surface area contributed by atoms with Crippen molar-refractivity contribution in [3.05, 3.63) is 18.2 Å². The van der Waals surface area contributed by atoms with Crippen molar-refractivity contribution in [3.63, 3.8) is 0 Å². The van der Waals surface area contributed by atoms with Crippen molar-refractivity contribution in [1.82, 2.24) is 9.71 Å². The topological polar surface area (TPSA) is 84.6 Å². The monoisotopic (exact) mass is 178 g/mol. The number of hydrogen-bond acceptors (Lipinski definition) is 3. The molecule has 11 heavy (non-hydrogen) atoms. The number of phosphoric acid groups is 1. The molecule has 0 saturated carbocycles. The molecular weight excluding hydrogens is 171 g/mol. The molecule has 0 aliphatic heterocycles. The molecule has 0 amide bonds. The highest BCUT2D eigenvalue weighted by Gasteiger charge is 2.16. The third-order valence-electron chi connectivity index (χ3n) is 0.977. The molecule has 0 aliphatic rings. The maximum atomic E-state index is 10.3. The molecule has 0 aliphatic carbocycles. The zero-order chi connectivity index (χ0) is 8.48. The lowest BCUT2D eigenvalue weighted by atomic mass is 10.7. The molecular formula is C4H7N2O4P. The van der Waals surface area contributed by atoms with Crippen molar-refractivity contribution in [1.29, 1.82) is 0 Å². The van der Waals surface area contributed by atoms with Gasteiger partial charge in [0.05, 0.1) is 6.20 Å². The first kappa shape index (κ1) is 8.26. The zero-order valence-electron chi connectivity index (χ0n) is 5.71. The van der Waals surface area contributed by atoms with Gasteiger partial charge in [-0.05, 0) is 6.92 Å². The summed E-state index contributed by atoms with van der Waals surface area (Å²) in [5, 5.41) is 0. The van der Waals surface area contributed by atoms with E-state index in [9.17, 15) is 4.57 Å². The van der Waals surface area contributed by atoms with Crippen LogP contribution in [0.1, 0.15) is 5.82 Å². The highest BCUT2D eigenvalue weighted by atomic mass is 31.2. The third-order valence-corrected chi connectivity index (χ3v) is 1.37. The van der Waals surface area contributed by atoms with Crippen LogP contribution in [-0.2, 0) is 4.57 Å². The summed E-state index contributed by atoms with van der Waals surface area (Å²) in [4.78, 5) is 20.4. The van der Waals surface area contributed by atoms with Gasteiger partial charge in [-0.3, -0.25) is 9.79 Å². The van der Waals surface area contributed by atoms with Crippen molar-refractivity contribution in [2.24, 2.45) is 0 Å². The van der Waals surface area contributed by atoms with Gasteiger partial charge in [-0.2, -0.15) is 4.73 Å². The molecule has 0 atom stereocenters. The van der Waals surface area contributed by atoms with Gasteiger partial charge in [0, 0.05) is 6.20 Å². The molecule has 0 saturated heterocycles. The number of aromatic nitrogens is 2. The summed E-state index contributed by atoms with van der Waals surface area (Å²) >= 11 is 0. The van der Waals surface area contributed by atoms with Gasteiger partial charge in [0.15, 0.2) is 0 Å². The number of imidazole rings is 1. The van der Waals surface area contributed by atoms with E-state index in [0.29, 0.717) is 5.82 Å². The Kier molecular flexibility index (Phi) is 1.99. The van der Waals surface area contributed by atoms with Gasteiger partial charge in [-0.15, -0.1) is 0 Å². The van der Waals surface area contributed by atoms with E-state index < -0.39 is 7.82 Å². The summed E-state index contributed by atoms with van der Waals surface area (Å²) in [6, 6.07) is 0. The lowest BCUT2D eigenvalue weighted by Gasteiger charge is -2.06. The Morgan fingerprint density at radius 2 is 2.36 bits per heavy atom. The molecule has 1 aromatic heterocycles.